The molecule has 1 fully saturated rings. The molecule has 3 heterocycles. The highest BCUT2D eigenvalue weighted by molar-refractivity contribution is 5.44. The Morgan fingerprint density at radius 3 is 2.90 bits per heavy atom. The van der Waals surface area contributed by atoms with E-state index < -0.39 is 12.0 Å². The zero-order chi connectivity index (χ0) is 14.2. The lowest BCUT2D eigenvalue weighted by molar-refractivity contribution is -0.146. The molecule has 0 bridgehead atoms. The van der Waals surface area contributed by atoms with Crippen LogP contribution in [0, 0.1) is 0 Å². The standard InChI is InChI=1S/C11H12F3N5O/c12-11(13,14)10-17-16-9-4-3-8(18-19(9)10)15-6-7-2-1-5-20-7/h3-4,7H,1-2,5-6H2,(H,15,18)/t7-/m1/s1. The van der Waals surface area contributed by atoms with Gasteiger partial charge in [0.2, 0.25) is 0 Å². The molecule has 1 atom stereocenters. The van der Waals surface area contributed by atoms with Crippen LogP contribution in [0.4, 0.5) is 19.0 Å². The van der Waals surface area contributed by atoms with Gasteiger partial charge in [-0.1, -0.05) is 0 Å². The van der Waals surface area contributed by atoms with Gasteiger partial charge in [0.1, 0.15) is 5.82 Å². The molecule has 2 aromatic heterocycles. The van der Waals surface area contributed by atoms with E-state index >= 15 is 0 Å². The fourth-order valence-corrected chi connectivity index (χ4v) is 2.08. The molecule has 0 radical (unpaired) electrons. The summed E-state index contributed by atoms with van der Waals surface area (Å²) in [6, 6.07) is 3.01. The van der Waals surface area contributed by atoms with Gasteiger partial charge in [0.25, 0.3) is 5.82 Å². The molecule has 20 heavy (non-hydrogen) atoms. The first-order valence-electron chi connectivity index (χ1n) is 6.19. The summed E-state index contributed by atoms with van der Waals surface area (Å²) >= 11 is 0. The molecular formula is C11H12F3N5O. The second-order valence-electron chi connectivity index (χ2n) is 4.53. The van der Waals surface area contributed by atoms with Crippen LogP contribution in [0.15, 0.2) is 12.1 Å². The molecule has 0 aliphatic carbocycles. The molecule has 0 unspecified atom stereocenters. The Hall–Kier alpha value is -1.90. The van der Waals surface area contributed by atoms with Crippen molar-refractivity contribution in [2.24, 2.45) is 0 Å². The number of nitrogens with zero attached hydrogens (tertiary/aromatic N) is 4. The van der Waals surface area contributed by atoms with Crippen molar-refractivity contribution in [2.45, 2.75) is 25.1 Å². The lowest BCUT2D eigenvalue weighted by Gasteiger charge is -2.11. The molecule has 2 aromatic rings. The average molecular weight is 287 g/mol. The van der Waals surface area contributed by atoms with Crippen molar-refractivity contribution >= 4 is 11.5 Å². The molecule has 0 amide bonds. The average Bonchev–Trinajstić information content (AvgIpc) is 3.04. The summed E-state index contributed by atoms with van der Waals surface area (Å²) < 4.78 is 44.2. The number of nitrogens with one attached hydrogen (secondary N) is 1. The van der Waals surface area contributed by atoms with Crippen molar-refractivity contribution in [1.29, 1.82) is 0 Å². The summed E-state index contributed by atoms with van der Waals surface area (Å²) in [4.78, 5) is 0. The predicted molar refractivity (Wildman–Crippen MR) is 63.2 cm³/mol. The normalized spacial score (nSPS) is 19.6. The van der Waals surface area contributed by atoms with Crippen LogP contribution in [0.5, 0.6) is 0 Å². The number of hydrogen-bond donors (Lipinski definition) is 1. The molecule has 3 rings (SSSR count). The van der Waals surface area contributed by atoms with E-state index in [9.17, 15) is 13.2 Å². The zero-order valence-electron chi connectivity index (χ0n) is 10.4. The number of rotatable bonds is 3. The highest BCUT2D eigenvalue weighted by Crippen LogP contribution is 2.27. The number of ether oxygens (including phenoxy) is 1. The van der Waals surface area contributed by atoms with Crippen LogP contribution in [0.2, 0.25) is 0 Å². The SMILES string of the molecule is FC(F)(F)c1nnc2ccc(NC[C@H]3CCCO3)nn12. The minimum atomic E-state index is -4.58. The number of aromatic nitrogens is 4. The quantitative estimate of drug-likeness (QED) is 0.931. The summed E-state index contributed by atoms with van der Waals surface area (Å²) in [6.07, 6.45) is -2.56. The molecule has 0 saturated carbocycles. The first-order chi connectivity index (χ1) is 9.54. The lowest BCUT2D eigenvalue weighted by atomic mass is 10.2. The molecular weight excluding hydrogens is 275 g/mol. The Balaban J connectivity index is 1.81. The second kappa shape index (κ2) is 4.89. The van der Waals surface area contributed by atoms with Crippen molar-refractivity contribution in [3.63, 3.8) is 0 Å². The van der Waals surface area contributed by atoms with Crippen molar-refractivity contribution in [3.05, 3.63) is 18.0 Å². The molecule has 0 spiro atoms. The number of alkyl halides is 3. The Bertz CT molecular complexity index is 606. The maximum Gasteiger partial charge on any atom is 0.453 e. The van der Waals surface area contributed by atoms with Gasteiger partial charge in [-0.15, -0.1) is 15.3 Å². The van der Waals surface area contributed by atoms with Gasteiger partial charge in [-0.3, -0.25) is 0 Å². The Morgan fingerprint density at radius 1 is 1.35 bits per heavy atom. The summed E-state index contributed by atoms with van der Waals surface area (Å²) in [7, 11) is 0. The molecule has 1 N–H and O–H groups in total. The third-order valence-corrected chi connectivity index (χ3v) is 3.05. The number of anilines is 1. The van der Waals surface area contributed by atoms with E-state index in [1.54, 1.807) is 6.07 Å². The first kappa shape index (κ1) is 13.1. The zero-order valence-corrected chi connectivity index (χ0v) is 10.4. The van der Waals surface area contributed by atoms with Crippen LogP contribution in [-0.2, 0) is 10.9 Å². The van der Waals surface area contributed by atoms with E-state index in [1.165, 1.54) is 6.07 Å². The molecule has 6 nitrogen and oxygen atoms in total. The fraction of sp³-hybridized carbons (Fsp3) is 0.545. The molecule has 108 valence electrons. The van der Waals surface area contributed by atoms with Gasteiger partial charge in [-0.2, -0.15) is 17.7 Å². The van der Waals surface area contributed by atoms with Gasteiger partial charge in [-0.05, 0) is 25.0 Å². The topological polar surface area (TPSA) is 64.3 Å². The third kappa shape index (κ3) is 2.53. The van der Waals surface area contributed by atoms with Crippen LogP contribution in [0.1, 0.15) is 18.7 Å². The van der Waals surface area contributed by atoms with E-state index in [0.29, 0.717) is 16.9 Å². The van der Waals surface area contributed by atoms with Crippen molar-refractivity contribution in [1.82, 2.24) is 19.8 Å². The van der Waals surface area contributed by atoms with Gasteiger partial charge in [-0.25, -0.2) is 0 Å². The van der Waals surface area contributed by atoms with Gasteiger partial charge in [0, 0.05) is 13.2 Å². The maximum absolute atomic E-state index is 12.7. The fourth-order valence-electron chi connectivity index (χ4n) is 2.08. The molecule has 1 aliphatic rings. The van der Waals surface area contributed by atoms with Crippen LogP contribution >= 0.6 is 0 Å². The first-order valence-corrected chi connectivity index (χ1v) is 6.19. The van der Waals surface area contributed by atoms with Crippen molar-refractivity contribution in [3.8, 4) is 0 Å². The van der Waals surface area contributed by atoms with E-state index in [1.807, 2.05) is 0 Å². The van der Waals surface area contributed by atoms with E-state index in [-0.39, 0.29) is 11.8 Å². The molecule has 1 saturated heterocycles. The largest absolute Gasteiger partial charge is 0.453 e. The van der Waals surface area contributed by atoms with Crippen molar-refractivity contribution in [2.75, 3.05) is 18.5 Å². The number of fused-ring (bicyclic) bond motifs is 1. The second-order valence-corrected chi connectivity index (χ2v) is 4.53. The summed E-state index contributed by atoms with van der Waals surface area (Å²) in [5.41, 5.74) is 0.0555. The maximum atomic E-state index is 12.7. The number of hydrogen-bond acceptors (Lipinski definition) is 5. The monoisotopic (exact) mass is 287 g/mol. The lowest BCUT2D eigenvalue weighted by Crippen LogP contribution is -2.20. The van der Waals surface area contributed by atoms with E-state index in [2.05, 4.69) is 20.6 Å². The Morgan fingerprint density at radius 2 is 2.20 bits per heavy atom. The van der Waals surface area contributed by atoms with Gasteiger partial charge in [0.05, 0.1) is 6.10 Å². The van der Waals surface area contributed by atoms with E-state index in [0.717, 1.165) is 19.4 Å². The Labute approximate surface area is 111 Å². The smallest absolute Gasteiger partial charge is 0.376 e. The van der Waals surface area contributed by atoms with Crippen LogP contribution in [-0.4, -0.2) is 39.1 Å². The summed E-state index contributed by atoms with van der Waals surface area (Å²) in [5.74, 6) is -0.799. The van der Waals surface area contributed by atoms with Crippen LogP contribution in [0.25, 0.3) is 5.65 Å². The van der Waals surface area contributed by atoms with E-state index in [4.69, 9.17) is 4.74 Å². The van der Waals surface area contributed by atoms with Crippen molar-refractivity contribution < 1.29 is 17.9 Å². The minimum absolute atomic E-state index is 0.0555. The molecule has 1 aliphatic heterocycles. The summed E-state index contributed by atoms with van der Waals surface area (Å²) in [6.45, 7) is 1.24. The molecule has 0 aromatic carbocycles. The summed E-state index contributed by atoms with van der Waals surface area (Å²) in [5, 5.41) is 13.4. The van der Waals surface area contributed by atoms with Gasteiger partial charge < -0.3 is 10.1 Å². The molecule has 9 heteroatoms. The number of halogens is 3. The van der Waals surface area contributed by atoms with Crippen LogP contribution in [0.3, 0.4) is 0 Å². The Kier molecular flexibility index (Phi) is 3.20. The van der Waals surface area contributed by atoms with Gasteiger partial charge >= 0.3 is 6.18 Å². The highest BCUT2D eigenvalue weighted by Gasteiger charge is 2.37. The predicted octanol–water partition coefficient (Wildman–Crippen LogP) is 1.73. The highest BCUT2D eigenvalue weighted by atomic mass is 19.4. The van der Waals surface area contributed by atoms with Gasteiger partial charge in [0.15, 0.2) is 5.65 Å². The van der Waals surface area contributed by atoms with Crippen LogP contribution < -0.4 is 5.32 Å². The minimum Gasteiger partial charge on any atom is -0.376 e. The third-order valence-electron chi connectivity index (χ3n) is 3.05.